The first-order valence-electron chi connectivity index (χ1n) is 6.88. The van der Waals surface area contributed by atoms with Gasteiger partial charge in [-0.05, 0) is 30.3 Å². The van der Waals surface area contributed by atoms with Crippen LogP contribution in [0.15, 0.2) is 48.5 Å². The predicted octanol–water partition coefficient (Wildman–Crippen LogP) is 3.25. The average molecular weight is 336 g/mol. The van der Waals surface area contributed by atoms with E-state index in [4.69, 9.17) is 0 Å². The van der Waals surface area contributed by atoms with Crippen LogP contribution in [0.25, 0.3) is 0 Å². The highest BCUT2D eigenvalue weighted by atomic mass is 19.4. The average Bonchev–Trinajstić information content (AvgIpc) is 2.53. The fourth-order valence-corrected chi connectivity index (χ4v) is 2.51. The van der Waals surface area contributed by atoms with Crippen LogP contribution in [0.1, 0.15) is 5.56 Å². The summed E-state index contributed by atoms with van der Waals surface area (Å²) in [7, 11) is 0. The van der Waals surface area contributed by atoms with E-state index in [1.54, 1.807) is 18.2 Å². The van der Waals surface area contributed by atoms with Gasteiger partial charge < -0.3 is 10.4 Å². The number of anilines is 3. The van der Waals surface area contributed by atoms with E-state index in [0.717, 1.165) is 17.0 Å². The van der Waals surface area contributed by atoms with Gasteiger partial charge in [-0.15, -0.1) is 0 Å². The highest BCUT2D eigenvalue weighted by Crippen LogP contribution is 2.39. The lowest BCUT2D eigenvalue weighted by Gasteiger charge is -2.33. The molecular formula is C16H11F3N2O3. The number of fused-ring (bicyclic) bond motifs is 1. The number of nitrogens with one attached hydrogen (secondary N) is 1. The number of hydrogen-bond donors (Lipinski definition) is 2. The summed E-state index contributed by atoms with van der Waals surface area (Å²) in [5, 5.41) is 11.8. The molecule has 1 aliphatic heterocycles. The second-order valence-corrected chi connectivity index (χ2v) is 5.15. The second-order valence-electron chi connectivity index (χ2n) is 5.15. The van der Waals surface area contributed by atoms with Gasteiger partial charge in [0.15, 0.2) is 0 Å². The highest BCUT2D eigenvalue weighted by molar-refractivity contribution is 6.18. The zero-order valence-electron chi connectivity index (χ0n) is 12.0. The van der Waals surface area contributed by atoms with Crippen molar-refractivity contribution < 1.29 is 27.9 Å². The second kappa shape index (κ2) is 5.55. The molecule has 0 spiro atoms. The van der Waals surface area contributed by atoms with Crippen LogP contribution in [-0.4, -0.2) is 23.0 Å². The first-order valence-corrected chi connectivity index (χ1v) is 6.88. The minimum atomic E-state index is -4.57. The van der Waals surface area contributed by atoms with Crippen molar-refractivity contribution in [2.45, 2.75) is 12.2 Å². The fraction of sp³-hybridized carbons (Fsp3) is 0.125. The van der Waals surface area contributed by atoms with Crippen molar-refractivity contribution in [1.29, 1.82) is 0 Å². The van der Waals surface area contributed by atoms with Gasteiger partial charge in [-0.2, -0.15) is 13.2 Å². The van der Waals surface area contributed by atoms with E-state index in [1.807, 2.05) is 0 Å². The van der Waals surface area contributed by atoms with Crippen LogP contribution in [0.4, 0.5) is 30.2 Å². The number of nitrogens with zero attached hydrogens (tertiary/aromatic N) is 1. The van der Waals surface area contributed by atoms with Crippen molar-refractivity contribution in [3.05, 3.63) is 54.1 Å². The summed E-state index contributed by atoms with van der Waals surface area (Å²) in [4.78, 5) is 24.8. The number of rotatable bonds is 2. The summed E-state index contributed by atoms with van der Waals surface area (Å²) >= 11 is 0. The van der Waals surface area contributed by atoms with Crippen LogP contribution in [0, 0.1) is 0 Å². The summed E-state index contributed by atoms with van der Waals surface area (Å²) in [5.41, 5.74) is -0.327. The molecule has 0 saturated carbocycles. The molecule has 0 radical (unpaired) electrons. The van der Waals surface area contributed by atoms with Crippen molar-refractivity contribution in [2.75, 3.05) is 10.2 Å². The molecule has 8 heteroatoms. The van der Waals surface area contributed by atoms with Crippen LogP contribution < -0.4 is 10.2 Å². The number of carboxylic acids is 1. The summed E-state index contributed by atoms with van der Waals surface area (Å²) < 4.78 is 38.8. The number of carbonyl (C=O) groups is 2. The van der Waals surface area contributed by atoms with E-state index >= 15 is 0 Å². The Hall–Kier alpha value is -3.03. The Morgan fingerprint density at radius 1 is 1.12 bits per heavy atom. The largest absolute Gasteiger partial charge is 0.479 e. The third kappa shape index (κ3) is 2.66. The van der Waals surface area contributed by atoms with E-state index < -0.39 is 29.7 Å². The Labute approximate surface area is 134 Å². The van der Waals surface area contributed by atoms with E-state index in [1.165, 1.54) is 18.2 Å². The molecule has 1 heterocycles. The molecule has 3 rings (SSSR count). The van der Waals surface area contributed by atoms with E-state index in [-0.39, 0.29) is 5.69 Å². The van der Waals surface area contributed by atoms with Gasteiger partial charge in [0.05, 0.1) is 16.9 Å². The number of amides is 1. The number of hydrogen-bond acceptors (Lipinski definition) is 3. The molecule has 24 heavy (non-hydrogen) atoms. The van der Waals surface area contributed by atoms with Crippen molar-refractivity contribution in [3.63, 3.8) is 0 Å². The molecule has 2 aromatic carbocycles. The topological polar surface area (TPSA) is 69.6 Å². The Bertz CT molecular complexity index is 820. The smallest absolute Gasteiger partial charge is 0.416 e. The van der Waals surface area contributed by atoms with Gasteiger partial charge in [0.1, 0.15) is 0 Å². The zero-order valence-corrected chi connectivity index (χ0v) is 12.0. The lowest BCUT2D eigenvalue weighted by atomic mass is 10.1. The fourth-order valence-electron chi connectivity index (χ4n) is 2.51. The summed E-state index contributed by atoms with van der Waals surface area (Å²) in [6.07, 6.45) is -4.57. The quantitative estimate of drug-likeness (QED) is 0.826. The number of carboxylic acid groups (broad SMARTS) is 1. The van der Waals surface area contributed by atoms with Crippen LogP contribution in [0.3, 0.4) is 0 Å². The van der Waals surface area contributed by atoms with Gasteiger partial charge in [-0.1, -0.05) is 18.2 Å². The number of benzene rings is 2. The molecule has 5 nitrogen and oxygen atoms in total. The maximum atomic E-state index is 12.9. The molecule has 0 saturated heterocycles. The highest BCUT2D eigenvalue weighted by Gasteiger charge is 2.39. The zero-order chi connectivity index (χ0) is 17.5. The number of para-hydroxylation sites is 2. The maximum absolute atomic E-state index is 12.9. The van der Waals surface area contributed by atoms with Crippen molar-refractivity contribution in [2.24, 2.45) is 0 Å². The third-order valence-corrected chi connectivity index (χ3v) is 3.59. The van der Waals surface area contributed by atoms with Gasteiger partial charge >= 0.3 is 12.1 Å². The molecular weight excluding hydrogens is 325 g/mol. The van der Waals surface area contributed by atoms with Crippen LogP contribution >= 0.6 is 0 Å². The molecule has 0 fully saturated rings. The first-order chi connectivity index (χ1) is 11.3. The number of halogens is 3. The normalized spacial score (nSPS) is 17.2. The van der Waals surface area contributed by atoms with Crippen molar-refractivity contribution in [3.8, 4) is 0 Å². The lowest BCUT2D eigenvalue weighted by molar-refractivity contribution is -0.141. The minimum absolute atomic E-state index is 0.0463. The number of alkyl halides is 3. The number of aliphatic carboxylic acids is 1. The van der Waals surface area contributed by atoms with Gasteiger partial charge in [-0.25, -0.2) is 4.79 Å². The molecule has 2 aromatic rings. The molecule has 0 aliphatic carbocycles. The standard InChI is InChI=1S/C16H11F3N2O3/c17-16(18,19)9-4-3-5-10(8-9)21-12-7-2-1-6-11(12)20-13(14(21)22)15(23)24/h1-8,13,20H,(H,23,24). The summed E-state index contributed by atoms with van der Waals surface area (Å²) in [5.74, 6) is -2.27. The molecule has 1 unspecified atom stereocenters. The monoisotopic (exact) mass is 336 g/mol. The molecule has 1 amide bonds. The lowest BCUT2D eigenvalue weighted by Crippen LogP contribution is -2.49. The Kier molecular flexibility index (Phi) is 3.67. The molecule has 2 N–H and O–H groups in total. The predicted molar refractivity (Wildman–Crippen MR) is 80.1 cm³/mol. The summed E-state index contributed by atoms with van der Waals surface area (Å²) in [6, 6.07) is 8.95. The Morgan fingerprint density at radius 2 is 1.83 bits per heavy atom. The number of carbonyl (C=O) groups excluding carboxylic acids is 1. The van der Waals surface area contributed by atoms with Gasteiger partial charge in [0.2, 0.25) is 6.04 Å². The molecule has 1 atom stereocenters. The van der Waals surface area contributed by atoms with Crippen molar-refractivity contribution in [1.82, 2.24) is 0 Å². The van der Waals surface area contributed by atoms with E-state index in [9.17, 15) is 27.9 Å². The van der Waals surface area contributed by atoms with E-state index in [0.29, 0.717) is 11.4 Å². The van der Waals surface area contributed by atoms with Gasteiger partial charge in [-0.3, -0.25) is 9.69 Å². The van der Waals surface area contributed by atoms with Crippen LogP contribution in [-0.2, 0) is 15.8 Å². The molecule has 0 bridgehead atoms. The molecule has 124 valence electrons. The minimum Gasteiger partial charge on any atom is -0.479 e. The maximum Gasteiger partial charge on any atom is 0.416 e. The Morgan fingerprint density at radius 3 is 2.50 bits per heavy atom. The van der Waals surface area contributed by atoms with E-state index in [2.05, 4.69) is 5.32 Å². The molecule has 0 aromatic heterocycles. The van der Waals surface area contributed by atoms with Crippen LogP contribution in [0.5, 0.6) is 0 Å². The van der Waals surface area contributed by atoms with Crippen LogP contribution in [0.2, 0.25) is 0 Å². The first kappa shape index (κ1) is 15.9. The van der Waals surface area contributed by atoms with Crippen molar-refractivity contribution >= 4 is 28.9 Å². The summed E-state index contributed by atoms with van der Waals surface area (Å²) in [6.45, 7) is 0. The van der Waals surface area contributed by atoms with Gasteiger partial charge in [0.25, 0.3) is 5.91 Å². The third-order valence-electron chi connectivity index (χ3n) is 3.59. The Balaban J connectivity index is 2.15. The van der Waals surface area contributed by atoms with Gasteiger partial charge in [0, 0.05) is 5.69 Å². The molecule has 1 aliphatic rings. The SMILES string of the molecule is O=C(O)C1Nc2ccccc2N(c2cccc(C(F)(F)F)c2)C1=O.